The maximum atomic E-state index is 11.4. The molecule has 6 heteroatoms. The van der Waals surface area contributed by atoms with Gasteiger partial charge >= 0.3 is 5.97 Å². The fraction of sp³-hybridized carbons (Fsp3) is 0.417. The molecule has 5 nitrogen and oxygen atoms in total. The van der Waals surface area contributed by atoms with E-state index in [2.05, 4.69) is 20.7 Å². The molecule has 1 aliphatic heterocycles. The number of ether oxygens (including phenoxy) is 4. The van der Waals surface area contributed by atoms with Gasteiger partial charge in [0.15, 0.2) is 11.5 Å². The average Bonchev–Trinajstić information content (AvgIpc) is 2.85. The summed E-state index contributed by atoms with van der Waals surface area (Å²) in [5.41, 5.74) is 0.856. The van der Waals surface area contributed by atoms with Crippen LogP contribution in [0.5, 0.6) is 17.2 Å². The fourth-order valence-corrected chi connectivity index (χ4v) is 2.31. The van der Waals surface area contributed by atoms with E-state index in [9.17, 15) is 4.79 Å². The summed E-state index contributed by atoms with van der Waals surface area (Å²) in [6.45, 7) is 0.184. The summed E-state index contributed by atoms with van der Waals surface area (Å²) >= 11 is 3.28. The van der Waals surface area contributed by atoms with Gasteiger partial charge in [0.1, 0.15) is 4.83 Å². The highest BCUT2D eigenvalue weighted by Crippen LogP contribution is 2.43. The Morgan fingerprint density at radius 2 is 2.22 bits per heavy atom. The number of carbonyl (C=O) groups excluding carboxylic acids is 1. The van der Waals surface area contributed by atoms with Gasteiger partial charge in [0.05, 0.1) is 14.2 Å². The number of carbonyl (C=O) groups is 1. The topological polar surface area (TPSA) is 54.0 Å². The van der Waals surface area contributed by atoms with Crippen molar-refractivity contribution < 1.29 is 23.7 Å². The van der Waals surface area contributed by atoms with Crippen LogP contribution in [0.3, 0.4) is 0 Å². The highest BCUT2D eigenvalue weighted by atomic mass is 79.9. The number of esters is 1. The van der Waals surface area contributed by atoms with E-state index in [-0.39, 0.29) is 12.8 Å². The number of hydrogen-bond acceptors (Lipinski definition) is 5. The third-order valence-corrected chi connectivity index (χ3v) is 3.33. The first-order chi connectivity index (χ1) is 8.67. The van der Waals surface area contributed by atoms with Gasteiger partial charge in [0.2, 0.25) is 12.5 Å². The lowest BCUT2D eigenvalue weighted by atomic mass is 10.1. The highest BCUT2D eigenvalue weighted by molar-refractivity contribution is 9.10. The predicted octanol–water partition coefficient (Wildman–Crippen LogP) is 1.90. The van der Waals surface area contributed by atoms with E-state index >= 15 is 0 Å². The molecule has 0 N–H and O–H groups in total. The summed E-state index contributed by atoms with van der Waals surface area (Å²) in [5, 5.41) is 0. The van der Waals surface area contributed by atoms with Gasteiger partial charge < -0.3 is 18.9 Å². The molecule has 1 aromatic rings. The van der Waals surface area contributed by atoms with E-state index in [4.69, 9.17) is 14.2 Å². The molecule has 0 spiro atoms. The molecule has 18 heavy (non-hydrogen) atoms. The molecule has 1 aromatic carbocycles. The van der Waals surface area contributed by atoms with Gasteiger partial charge in [-0.15, -0.1) is 0 Å². The smallest absolute Gasteiger partial charge is 0.319 e. The first-order valence-corrected chi connectivity index (χ1v) is 6.26. The van der Waals surface area contributed by atoms with E-state index < -0.39 is 4.83 Å². The van der Waals surface area contributed by atoms with Crippen LogP contribution in [0.2, 0.25) is 0 Å². The molecule has 2 rings (SSSR count). The molecule has 0 amide bonds. The van der Waals surface area contributed by atoms with Crippen molar-refractivity contribution in [2.75, 3.05) is 21.0 Å². The largest absolute Gasteiger partial charge is 0.492 e. The molecular formula is C12H13BrO5. The van der Waals surface area contributed by atoms with Crippen molar-refractivity contribution in [1.82, 2.24) is 0 Å². The van der Waals surface area contributed by atoms with Gasteiger partial charge in [0, 0.05) is 0 Å². The Hall–Kier alpha value is -1.43. The zero-order chi connectivity index (χ0) is 13.1. The maximum absolute atomic E-state index is 11.4. The van der Waals surface area contributed by atoms with Gasteiger partial charge in [0.25, 0.3) is 0 Å². The molecule has 0 radical (unpaired) electrons. The average molecular weight is 317 g/mol. The van der Waals surface area contributed by atoms with Crippen molar-refractivity contribution in [2.45, 2.75) is 11.2 Å². The SMILES string of the molecule is COC(=O)[C@H](Br)Cc1ccc2c(c1OC)OCO2. The fourth-order valence-electron chi connectivity index (χ4n) is 1.78. The zero-order valence-corrected chi connectivity index (χ0v) is 11.7. The number of methoxy groups -OCH3 is 2. The van der Waals surface area contributed by atoms with E-state index in [0.29, 0.717) is 23.7 Å². The summed E-state index contributed by atoms with van der Waals surface area (Å²) in [5.74, 6) is 1.51. The monoisotopic (exact) mass is 316 g/mol. The number of rotatable bonds is 4. The van der Waals surface area contributed by atoms with Crippen molar-refractivity contribution in [3.63, 3.8) is 0 Å². The summed E-state index contributed by atoms with van der Waals surface area (Å²) in [6.07, 6.45) is 0.451. The van der Waals surface area contributed by atoms with E-state index in [0.717, 1.165) is 5.56 Å². The lowest BCUT2D eigenvalue weighted by Crippen LogP contribution is -2.18. The Kier molecular flexibility index (Phi) is 3.96. The van der Waals surface area contributed by atoms with Gasteiger partial charge in [-0.3, -0.25) is 4.79 Å². The lowest BCUT2D eigenvalue weighted by Gasteiger charge is -2.13. The molecule has 0 aliphatic carbocycles. The molecule has 1 heterocycles. The Labute approximate surface area is 113 Å². The number of halogens is 1. The number of fused-ring (bicyclic) bond motifs is 1. The first-order valence-electron chi connectivity index (χ1n) is 5.34. The number of alkyl halides is 1. The van der Waals surface area contributed by atoms with Crippen molar-refractivity contribution >= 4 is 21.9 Å². The van der Waals surface area contributed by atoms with E-state index in [1.807, 2.05) is 6.07 Å². The van der Waals surface area contributed by atoms with Crippen molar-refractivity contribution in [3.05, 3.63) is 17.7 Å². The quantitative estimate of drug-likeness (QED) is 0.627. The van der Waals surface area contributed by atoms with Crippen LogP contribution >= 0.6 is 15.9 Å². The van der Waals surface area contributed by atoms with Crippen molar-refractivity contribution in [1.29, 1.82) is 0 Å². The normalized spacial score (nSPS) is 14.2. The van der Waals surface area contributed by atoms with E-state index in [1.165, 1.54) is 7.11 Å². The first kappa shape index (κ1) is 13.0. The molecule has 0 unspecified atom stereocenters. The Bertz CT molecular complexity index is 460. The molecule has 0 bridgehead atoms. The summed E-state index contributed by atoms with van der Waals surface area (Å²) < 4.78 is 20.6. The second-order valence-corrected chi connectivity index (χ2v) is 4.79. The molecule has 0 saturated carbocycles. The van der Waals surface area contributed by atoms with Crippen LogP contribution in [-0.2, 0) is 16.0 Å². The Balaban J connectivity index is 2.26. The number of hydrogen-bond donors (Lipinski definition) is 0. The molecule has 0 fully saturated rings. The molecule has 1 aliphatic rings. The Morgan fingerprint density at radius 3 is 2.89 bits per heavy atom. The van der Waals surface area contributed by atoms with Crippen LogP contribution < -0.4 is 14.2 Å². The summed E-state index contributed by atoms with van der Waals surface area (Å²) in [6, 6.07) is 3.65. The minimum Gasteiger partial charge on any atom is -0.492 e. The molecule has 0 saturated heterocycles. The third kappa shape index (κ3) is 2.38. The molecule has 1 atom stereocenters. The predicted molar refractivity (Wildman–Crippen MR) is 67.6 cm³/mol. The van der Waals surface area contributed by atoms with E-state index in [1.54, 1.807) is 13.2 Å². The van der Waals surface area contributed by atoms with Crippen molar-refractivity contribution in [2.24, 2.45) is 0 Å². The minimum absolute atomic E-state index is 0.184. The summed E-state index contributed by atoms with van der Waals surface area (Å²) in [7, 11) is 2.91. The van der Waals surface area contributed by atoms with Crippen molar-refractivity contribution in [3.8, 4) is 17.2 Å². The standard InChI is InChI=1S/C12H13BrO5/c1-15-10-7(5-8(13)12(14)16-2)3-4-9-11(10)18-6-17-9/h3-4,8H,5-6H2,1-2H3/t8-/m1/s1. The maximum Gasteiger partial charge on any atom is 0.319 e. The van der Waals surface area contributed by atoms with Crippen LogP contribution in [0, 0.1) is 0 Å². The molecular weight excluding hydrogens is 304 g/mol. The third-order valence-electron chi connectivity index (χ3n) is 2.64. The van der Waals surface area contributed by atoms with Crippen LogP contribution in [0.15, 0.2) is 12.1 Å². The second-order valence-electron chi connectivity index (χ2n) is 3.69. The molecule has 0 aromatic heterocycles. The molecule has 98 valence electrons. The van der Waals surface area contributed by atoms with Gasteiger partial charge in [-0.25, -0.2) is 0 Å². The van der Waals surface area contributed by atoms with Crippen LogP contribution in [-0.4, -0.2) is 31.8 Å². The van der Waals surface area contributed by atoms with Gasteiger partial charge in [-0.1, -0.05) is 22.0 Å². The number of benzene rings is 1. The lowest BCUT2D eigenvalue weighted by molar-refractivity contribution is -0.139. The Morgan fingerprint density at radius 1 is 1.44 bits per heavy atom. The second kappa shape index (κ2) is 5.48. The zero-order valence-electron chi connectivity index (χ0n) is 10.1. The van der Waals surface area contributed by atoms with Crippen LogP contribution in [0.4, 0.5) is 0 Å². The summed E-state index contributed by atoms with van der Waals surface area (Å²) in [4.78, 5) is 11.0. The van der Waals surface area contributed by atoms with Crippen LogP contribution in [0.1, 0.15) is 5.56 Å². The highest BCUT2D eigenvalue weighted by Gasteiger charge is 2.24. The minimum atomic E-state index is -0.420. The van der Waals surface area contributed by atoms with Gasteiger partial charge in [-0.05, 0) is 18.1 Å². The van der Waals surface area contributed by atoms with Gasteiger partial charge in [-0.2, -0.15) is 0 Å². The van der Waals surface area contributed by atoms with Crippen LogP contribution in [0.25, 0.3) is 0 Å².